The van der Waals surface area contributed by atoms with Crippen molar-refractivity contribution >= 4 is 5.57 Å². The summed E-state index contributed by atoms with van der Waals surface area (Å²) in [6.45, 7) is 5.95. The van der Waals surface area contributed by atoms with Gasteiger partial charge in [0, 0.05) is 0 Å². The Morgan fingerprint density at radius 1 is 1.00 bits per heavy atom. The molecule has 0 radical (unpaired) electrons. The van der Waals surface area contributed by atoms with Crippen LogP contribution in [-0.4, -0.2) is 7.11 Å². The molecule has 0 amide bonds. The standard InChI is InChI=1S/C16H16O/c1-12(2)13-7-9-14(10-8-13)15-5-4-6-16(11-15)17-3/h4-11H,1H2,2-3H3. The molecule has 0 atom stereocenters. The van der Waals surface area contributed by atoms with Crippen molar-refractivity contribution in [2.24, 2.45) is 0 Å². The first-order valence-corrected chi connectivity index (χ1v) is 5.61. The minimum absolute atomic E-state index is 0.881. The van der Waals surface area contributed by atoms with Crippen molar-refractivity contribution in [1.29, 1.82) is 0 Å². The highest BCUT2D eigenvalue weighted by Gasteiger charge is 2.00. The molecular weight excluding hydrogens is 208 g/mol. The van der Waals surface area contributed by atoms with Crippen LogP contribution >= 0.6 is 0 Å². The molecule has 0 bridgehead atoms. The molecule has 17 heavy (non-hydrogen) atoms. The normalized spacial score (nSPS) is 10.0. The maximum Gasteiger partial charge on any atom is 0.119 e. The van der Waals surface area contributed by atoms with Crippen LogP contribution in [0.4, 0.5) is 0 Å². The Morgan fingerprint density at radius 3 is 2.29 bits per heavy atom. The van der Waals surface area contributed by atoms with Gasteiger partial charge in [-0.15, -0.1) is 0 Å². The molecule has 0 saturated heterocycles. The maximum absolute atomic E-state index is 5.22. The molecule has 1 heteroatoms. The maximum atomic E-state index is 5.22. The highest BCUT2D eigenvalue weighted by atomic mass is 16.5. The molecule has 86 valence electrons. The van der Waals surface area contributed by atoms with Gasteiger partial charge in [-0.1, -0.05) is 48.6 Å². The van der Waals surface area contributed by atoms with Gasteiger partial charge in [-0.2, -0.15) is 0 Å². The average molecular weight is 224 g/mol. The van der Waals surface area contributed by atoms with Crippen LogP contribution in [0.2, 0.25) is 0 Å². The fourth-order valence-electron chi connectivity index (χ4n) is 1.75. The average Bonchev–Trinajstić information content (AvgIpc) is 2.39. The van der Waals surface area contributed by atoms with Crippen LogP contribution in [-0.2, 0) is 0 Å². The van der Waals surface area contributed by atoms with Crippen LogP contribution in [0.15, 0.2) is 55.1 Å². The van der Waals surface area contributed by atoms with Crippen molar-refractivity contribution in [1.82, 2.24) is 0 Å². The van der Waals surface area contributed by atoms with E-state index in [2.05, 4.69) is 36.9 Å². The molecule has 0 spiro atoms. The number of methoxy groups -OCH3 is 1. The Hall–Kier alpha value is -2.02. The van der Waals surface area contributed by atoms with Crippen molar-refractivity contribution in [3.8, 4) is 16.9 Å². The number of rotatable bonds is 3. The van der Waals surface area contributed by atoms with E-state index in [1.165, 1.54) is 11.1 Å². The smallest absolute Gasteiger partial charge is 0.119 e. The Labute approximate surface area is 102 Å². The Morgan fingerprint density at radius 2 is 1.71 bits per heavy atom. The van der Waals surface area contributed by atoms with Crippen molar-refractivity contribution in [3.05, 3.63) is 60.7 Å². The summed E-state index contributed by atoms with van der Waals surface area (Å²) in [6, 6.07) is 16.5. The lowest BCUT2D eigenvalue weighted by Gasteiger charge is -2.06. The summed E-state index contributed by atoms with van der Waals surface area (Å²) in [6.07, 6.45) is 0. The van der Waals surface area contributed by atoms with E-state index in [-0.39, 0.29) is 0 Å². The van der Waals surface area contributed by atoms with Crippen LogP contribution < -0.4 is 4.74 Å². The molecule has 2 aromatic rings. The van der Waals surface area contributed by atoms with E-state index in [0.717, 1.165) is 16.9 Å². The lowest BCUT2D eigenvalue weighted by atomic mass is 10.0. The van der Waals surface area contributed by atoms with Gasteiger partial charge in [0.15, 0.2) is 0 Å². The van der Waals surface area contributed by atoms with Crippen LogP contribution in [0, 0.1) is 0 Å². The topological polar surface area (TPSA) is 9.23 Å². The molecule has 2 aromatic carbocycles. The van der Waals surface area contributed by atoms with E-state index >= 15 is 0 Å². The van der Waals surface area contributed by atoms with E-state index in [0.29, 0.717) is 0 Å². The molecule has 0 aliphatic heterocycles. The van der Waals surface area contributed by atoms with Crippen molar-refractivity contribution in [2.75, 3.05) is 7.11 Å². The summed E-state index contributed by atoms with van der Waals surface area (Å²) >= 11 is 0. The lowest BCUT2D eigenvalue weighted by Crippen LogP contribution is -1.84. The first kappa shape index (κ1) is 11.5. The molecule has 0 aromatic heterocycles. The predicted molar refractivity (Wildman–Crippen MR) is 73.1 cm³/mol. The first-order chi connectivity index (χ1) is 8.20. The second kappa shape index (κ2) is 4.88. The summed E-state index contributed by atoms with van der Waals surface area (Å²) in [4.78, 5) is 0. The zero-order chi connectivity index (χ0) is 12.3. The van der Waals surface area contributed by atoms with Crippen molar-refractivity contribution in [3.63, 3.8) is 0 Å². The number of benzene rings is 2. The van der Waals surface area contributed by atoms with Gasteiger partial charge >= 0.3 is 0 Å². The van der Waals surface area contributed by atoms with Crippen LogP contribution in [0.1, 0.15) is 12.5 Å². The summed E-state index contributed by atoms with van der Waals surface area (Å²) in [5, 5.41) is 0. The molecule has 0 aliphatic rings. The number of allylic oxidation sites excluding steroid dienone is 1. The second-order valence-corrected chi connectivity index (χ2v) is 4.09. The Bertz CT molecular complexity index is 523. The monoisotopic (exact) mass is 224 g/mol. The van der Waals surface area contributed by atoms with E-state index in [1.54, 1.807) is 7.11 Å². The molecule has 0 fully saturated rings. The summed E-state index contributed by atoms with van der Waals surface area (Å²) in [5.74, 6) is 0.881. The molecule has 0 unspecified atom stereocenters. The third-order valence-electron chi connectivity index (χ3n) is 2.78. The SMILES string of the molecule is C=C(C)c1ccc(-c2cccc(OC)c2)cc1. The fraction of sp³-hybridized carbons (Fsp3) is 0.125. The van der Waals surface area contributed by atoms with E-state index in [1.807, 2.05) is 25.1 Å². The highest BCUT2D eigenvalue weighted by Crippen LogP contribution is 2.25. The molecule has 0 saturated carbocycles. The van der Waals surface area contributed by atoms with Crippen molar-refractivity contribution < 1.29 is 4.74 Å². The molecule has 1 nitrogen and oxygen atoms in total. The zero-order valence-electron chi connectivity index (χ0n) is 10.2. The molecule has 0 heterocycles. The van der Waals surface area contributed by atoms with Gasteiger partial charge < -0.3 is 4.74 Å². The van der Waals surface area contributed by atoms with Gasteiger partial charge in [-0.3, -0.25) is 0 Å². The van der Waals surface area contributed by atoms with Crippen LogP contribution in [0.5, 0.6) is 5.75 Å². The zero-order valence-corrected chi connectivity index (χ0v) is 10.2. The summed E-state index contributed by atoms with van der Waals surface area (Å²) in [7, 11) is 1.68. The van der Waals surface area contributed by atoms with E-state index < -0.39 is 0 Å². The van der Waals surface area contributed by atoms with Gasteiger partial charge in [-0.25, -0.2) is 0 Å². The molecule has 0 aliphatic carbocycles. The number of ether oxygens (including phenoxy) is 1. The summed E-state index contributed by atoms with van der Waals surface area (Å²) < 4.78 is 5.22. The van der Waals surface area contributed by atoms with Crippen LogP contribution in [0.3, 0.4) is 0 Å². The predicted octanol–water partition coefficient (Wildman–Crippen LogP) is 4.40. The summed E-state index contributed by atoms with van der Waals surface area (Å²) in [5.41, 5.74) is 4.62. The highest BCUT2D eigenvalue weighted by molar-refractivity contribution is 5.69. The quantitative estimate of drug-likeness (QED) is 0.751. The third-order valence-corrected chi connectivity index (χ3v) is 2.78. The van der Waals surface area contributed by atoms with E-state index in [4.69, 9.17) is 4.74 Å². The van der Waals surface area contributed by atoms with Gasteiger partial charge in [0.05, 0.1) is 7.11 Å². The Balaban J connectivity index is 2.36. The third kappa shape index (κ3) is 2.56. The molecular formula is C16H16O. The number of hydrogen-bond donors (Lipinski definition) is 0. The van der Waals surface area contributed by atoms with Gasteiger partial charge in [0.25, 0.3) is 0 Å². The number of hydrogen-bond acceptors (Lipinski definition) is 1. The van der Waals surface area contributed by atoms with Crippen LogP contribution in [0.25, 0.3) is 16.7 Å². The minimum Gasteiger partial charge on any atom is -0.497 e. The minimum atomic E-state index is 0.881. The molecule has 2 rings (SSSR count). The van der Waals surface area contributed by atoms with Gasteiger partial charge in [0.1, 0.15) is 5.75 Å². The fourth-order valence-corrected chi connectivity index (χ4v) is 1.75. The second-order valence-electron chi connectivity index (χ2n) is 4.09. The first-order valence-electron chi connectivity index (χ1n) is 5.61. The molecule has 0 N–H and O–H groups in total. The van der Waals surface area contributed by atoms with Crippen molar-refractivity contribution in [2.45, 2.75) is 6.92 Å². The Kier molecular flexibility index (Phi) is 3.29. The lowest BCUT2D eigenvalue weighted by molar-refractivity contribution is 0.415. The van der Waals surface area contributed by atoms with Gasteiger partial charge in [-0.05, 0) is 35.7 Å². The van der Waals surface area contributed by atoms with E-state index in [9.17, 15) is 0 Å². The largest absolute Gasteiger partial charge is 0.497 e. The van der Waals surface area contributed by atoms with Gasteiger partial charge in [0.2, 0.25) is 0 Å².